The zero-order chi connectivity index (χ0) is 21.3. The fourth-order valence-corrected chi connectivity index (χ4v) is 3.47. The van der Waals surface area contributed by atoms with Crippen LogP contribution in [0.3, 0.4) is 0 Å². The lowest BCUT2D eigenvalue weighted by atomic mass is 10.3. The molecule has 3 rings (SSSR count). The molecule has 166 valence electrons. The Morgan fingerprint density at radius 2 is 1.97 bits per heavy atom. The van der Waals surface area contributed by atoms with Gasteiger partial charge in [0.1, 0.15) is 0 Å². The molecule has 0 aliphatic heterocycles. The molecule has 0 unspecified atom stereocenters. The van der Waals surface area contributed by atoms with Crippen LogP contribution in [0.1, 0.15) is 23.2 Å². The van der Waals surface area contributed by atoms with E-state index in [0.29, 0.717) is 37.1 Å². The van der Waals surface area contributed by atoms with E-state index in [4.69, 9.17) is 9.47 Å². The van der Waals surface area contributed by atoms with E-state index in [-0.39, 0.29) is 24.0 Å². The number of ether oxygens (including phenoxy) is 2. The highest BCUT2D eigenvalue weighted by Crippen LogP contribution is 2.30. The van der Waals surface area contributed by atoms with Crippen molar-refractivity contribution < 1.29 is 9.47 Å². The van der Waals surface area contributed by atoms with Crippen LogP contribution in [-0.2, 0) is 13.1 Å². The average molecular weight is 553 g/mol. The van der Waals surface area contributed by atoms with Gasteiger partial charge in [-0.1, -0.05) is 18.2 Å². The second-order valence-electron chi connectivity index (χ2n) is 6.60. The van der Waals surface area contributed by atoms with Crippen molar-refractivity contribution >= 4 is 41.3 Å². The van der Waals surface area contributed by atoms with Crippen molar-refractivity contribution in [1.29, 1.82) is 0 Å². The SMILES string of the molecule is CCOc1ccccc1Oc1ccc(CNC(=NC)N(C)Cc2csc(C)n2)cn1.I. The molecule has 0 amide bonds. The van der Waals surface area contributed by atoms with Gasteiger partial charge in [0, 0.05) is 38.3 Å². The van der Waals surface area contributed by atoms with Crippen molar-refractivity contribution in [3.63, 3.8) is 0 Å². The molecule has 0 fully saturated rings. The summed E-state index contributed by atoms with van der Waals surface area (Å²) in [7, 11) is 3.77. The lowest BCUT2D eigenvalue weighted by molar-refractivity contribution is 0.319. The first-order valence-electron chi connectivity index (χ1n) is 9.76. The molecule has 0 saturated heterocycles. The van der Waals surface area contributed by atoms with E-state index in [1.54, 1.807) is 24.6 Å². The van der Waals surface area contributed by atoms with Gasteiger partial charge in [0.05, 0.1) is 23.9 Å². The third-order valence-corrected chi connectivity index (χ3v) is 5.07. The summed E-state index contributed by atoms with van der Waals surface area (Å²) in [5.41, 5.74) is 2.07. The highest BCUT2D eigenvalue weighted by atomic mass is 127. The summed E-state index contributed by atoms with van der Waals surface area (Å²) in [6, 6.07) is 11.4. The molecule has 2 aromatic heterocycles. The molecule has 31 heavy (non-hydrogen) atoms. The van der Waals surface area contributed by atoms with Gasteiger partial charge in [-0.2, -0.15) is 0 Å². The highest BCUT2D eigenvalue weighted by molar-refractivity contribution is 14.0. The van der Waals surface area contributed by atoms with Gasteiger partial charge in [0.25, 0.3) is 0 Å². The number of aromatic nitrogens is 2. The van der Waals surface area contributed by atoms with Gasteiger partial charge in [0.2, 0.25) is 5.88 Å². The largest absolute Gasteiger partial charge is 0.490 e. The van der Waals surface area contributed by atoms with Crippen LogP contribution in [0, 0.1) is 6.92 Å². The maximum absolute atomic E-state index is 5.88. The number of para-hydroxylation sites is 2. The van der Waals surface area contributed by atoms with Gasteiger partial charge in [-0.3, -0.25) is 4.99 Å². The molecule has 0 radical (unpaired) electrons. The van der Waals surface area contributed by atoms with E-state index in [1.165, 1.54) is 0 Å². The van der Waals surface area contributed by atoms with Crippen molar-refractivity contribution in [3.8, 4) is 17.4 Å². The van der Waals surface area contributed by atoms with Crippen molar-refractivity contribution in [2.24, 2.45) is 4.99 Å². The molecule has 2 heterocycles. The highest BCUT2D eigenvalue weighted by Gasteiger charge is 2.10. The lowest BCUT2D eigenvalue weighted by Crippen LogP contribution is -2.38. The van der Waals surface area contributed by atoms with Gasteiger partial charge < -0.3 is 19.7 Å². The van der Waals surface area contributed by atoms with Crippen LogP contribution in [0.4, 0.5) is 0 Å². The molecule has 0 atom stereocenters. The van der Waals surface area contributed by atoms with Crippen LogP contribution >= 0.6 is 35.3 Å². The summed E-state index contributed by atoms with van der Waals surface area (Å²) >= 11 is 1.66. The number of hydrogen-bond acceptors (Lipinski definition) is 6. The predicted octanol–water partition coefficient (Wildman–Crippen LogP) is 4.86. The summed E-state index contributed by atoms with van der Waals surface area (Å²) < 4.78 is 11.5. The fourth-order valence-electron chi connectivity index (χ4n) is 2.86. The van der Waals surface area contributed by atoms with Crippen molar-refractivity contribution in [2.45, 2.75) is 26.9 Å². The number of guanidine groups is 1. The first-order valence-corrected chi connectivity index (χ1v) is 10.6. The van der Waals surface area contributed by atoms with Crippen LogP contribution in [0.15, 0.2) is 53.0 Å². The average Bonchev–Trinajstić information content (AvgIpc) is 3.16. The number of aryl methyl sites for hydroxylation is 1. The Labute approximate surface area is 204 Å². The summed E-state index contributed by atoms with van der Waals surface area (Å²) in [4.78, 5) is 15.3. The minimum atomic E-state index is 0. The Balaban J connectivity index is 0.00000341. The van der Waals surface area contributed by atoms with E-state index in [9.17, 15) is 0 Å². The molecule has 3 aromatic rings. The predicted molar refractivity (Wildman–Crippen MR) is 136 cm³/mol. The van der Waals surface area contributed by atoms with Crippen LogP contribution in [0.25, 0.3) is 0 Å². The van der Waals surface area contributed by atoms with Crippen molar-refractivity contribution in [1.82, 2.24) is 20.2 Å². The standard InChI is InChI=1S/C22H27N5O2S.HI/c1-5-28-19-8-6-7-9-20(19)29-21-11-10-17(12-24-21)13-25-22(23-3)27(4)14-18-15-30-16(2)26-18;/h6-12,15H,5,13-14H2,1-4H3,(H,23,25);1H. The number of hydrogen-bond donors (Lipinski definition) is 1. The van der Waals surface area contributed by atoms with Gasteiger partial charge in [-0.15, -0.1) is 35.3 Å². The number of rotatable bonds is 8. The normalized spacial score (nSPS) is 10.9. The summed E-state index contributed by atoms with van der Waals surface area (Å²) in [5.74, 6) is 2.67. The van der Waals surface area contributed by atoms with Crippen LogP contribution in [0.5, 0.6) is 17.4 Å². The van der Waals surface area contributed by atoms with Gasteiger partial charge in [-0.05, 0) is 31.5 Å². The summed E-state index contributed by atoms with van der Waals surface area (Å²) in [5, 5.41) is 6.50. The molecule has 0 aliphatic rings. The number of thiazole rings is 1. The number of aliphatic imine (C=N–C) groups is 1. The van der Waals surface area contributed by atoms with Crippen molar-refractivity contribution in [3.05, 3.63) is 64.2 Å². The smallest absolute Gasteiger partial charge is 0.219 e. The molecule has 1 aromatic carbocycles. The summed E-state index contributed by atoms with van der Waals surface area (Å²) in [6.45, 7) is 5.84. The quantitative estimate of drug-likeness (QED) is 0.244. The zero-order valence-electron chi connectivity index (χ0n) is 18.2. The first-order chi connectivity index (χ1) is 14.6. The van der Waals surface area contributed by atoms with E-state index in [1.807, 2.05) is 62.2 Å². The minimum absolute atomic E-state index is 0. The Hall–Kier alpha value is -2.40. The third kappa shape index (κ3) is 7.35. The Kier molecular flexibility index (Phi) is 9.99. The number of halogens is 1. The molecule has 0 saturated carbocycles. The minimum Gasteiger partial charge on any atom is -0.490 e. The van der Waals surface area contributed by atoms with Gasteiger partial charge >= 0.3 is 0 Å². The maximum Gasteiger partial charge on any atom is 0.219 e. The second-order valence-corrected chi connectivity index (χ2v) is 7.66. The lowest BCUT2D eigenvalue weighted by Gasteiger charge is -2.21. The van der Waals surface area contributed by atoms with Crippen LogP contribution in [-0.4, -0.2) is 41.5 Å². The number of benzene rings is 1. The second kappa shape index (κ2) is 12.5. The Morgan fingerprint density at radius 3 is 2.58 bits per heavy atom. The van der Waals surface area contributed by atoms with Crippen molar-refractivity contribution in [2.75, 3.05) is 20.7 Å². The number of pyridine rings is 1. The third-order valence-electron chi connectivity index (χ3n) is 4.25. The molecular formula is C22H28IN5O2S. The molecule has 0 spiro atoms. The molecule has 9 heteroatoms. The first kappa shape index (κ1) is 24.9. The van der Waals surface area contributed by atoms with Crippen LogP contribution < -0.4 is 14.8 Å². The number of nitrogens with one attached hydrogen (secondary N) is 1. The van der Waals surface area contributed by atoms with Gasteiger partial charge in [0.15, 0.2) is 17.5 Å². The Morgan fingerprint density at radius 1 is 1.19 bits per heavy atom. The van der Waals surface area contributed by atoms with Crippen LogP contribution in [0.2, 0.25) is 0 Å². The molecular weight excluding hydrogens is 525 g/mol. The Bertz CT molecular complexity index is 978. The monoisotopic (exact) mass is 553 g/mol. The van der Waals surface area contributed by atoms with E-state index in [2.05, 4.69) is 25.7 Å². The molecule has 0 aliphatic carbocycles. The maximum atomic E-state index is 5.88. The van der Waals surface area contributed by atoms with E-state index < -0.39 is 0 Å². The number of nitrogens with zero attached hydrogens (tertiary/aromatic N) is 4. The summed E-state index contributed by atoms with van der Waals surface area (Å²) in [6.07, 6.45) is 1.79. The fraction of sp³-hybridized carbons (Fsp3) is 0.318. The molecule has 0 bridgehead atoms. The topological polar surface area (TPSA) is 71.9 Å². The molecule has 7 nitrogen and oxygen atoms in total. The zero-order valence-corrected chi connectivity index (χ0v) is 21.3. The molecule has 1 N–H and O–H groups in total. The van der Waals surface area contributed by atoms with Gasteiger partial charge in [-0.25, -0.2) is 9.97 Å². The van der Waals surface area contributed by atoms with E-state index >= 15 is 0 Å². The van der Waals surface area contributed by atoms with E-state index in [0.717, 1.165) is 22.2 Å².